The Morgan fingerprint density at radius 3 is 2.81 bits per heavy atom. The van der Waals surface area contributed by atoms with Gasteiger partial charge in [-0.1, -0.05) is 28.9 Å². The first kappa shape index (κ1) is 10.6. The minimum absolute atomic E-state index is 0.0344. The molecule has 2 aliphatic rings. The number of benzene rings is 1. The maximum absolute atomic E-state index is 6.23. The number of hydrogen-bond donors (Lipinski definition) is 1. The highest BCUT2D eigenvalue weighted by atomic mass is 79.9. The molecule has 1 spiro atoms. The molecule has 16 heavy (non-hydrogen) atoms. The van der Waals surface area contributed by atoms with Gasteiger partial charge in [0.15, 0.2) is 0 Å². The van der Waals surface area contributed by atoms with Crippen LogP contribution in [-0.2, 0) is 0 Å². The van der Waals surface area contributed by atoms with Gasteiger partial charge < -0.3 is 10.5 Å². The third kappa shape index (κ3) is 1.57. The minimum Gasteiger partial charge on any atom is -0.487 e. The van der Waals surface area contributed by atoms with Crippen molar-refractivity contribution in [2.75, 3.05) is 0 Å². The van der Waals surface area contributed by atoms with E-state index in [0.29, 0.717) is 0 Å². The Morgan fingerprint density at radius 1 is 1.38 bits per heavy atom. The van der Waals surface area contributed by atoms with Gasteiger partial charge in [-0.25, -0.2) is 0 Å². The average Bonchev–Trinajstić information content (AvgIpc) is 2.14. The molecule has 0 bridgehead atoms. The second-order valence-corrected chi connectivity index (χ2v) is 6.21. The monoisotopic (exact) mass is 281 g/mol. The molecule has 1 aromatic carbocycles. The molecular formula is C13H16BrNO. The second-order valence-electron chi connectivity index (χ2n) is 5.29. The Morgan fingerprint density at radius 2 is 2.12 bits per heavy atom. The van der Waals surface area contributed by atoms with Crippen molar-refractivity contribution in [2.45, 2.75) is 37.8 Å². The zero-order valence-electron chi connectivity index (χ0n) is 9.37. The van der Waals surface area contributed by atoms with Crippen molar-refractivity contribution < 1.29 is 4.74 Å². The first-order valence-electron chi connectivity index (χ1n) is 5.82. The lowest BCUT2D eigenvalue weighted by atomic mass is 9.67. The highest BCUT2D eigenvalue weighted by molar-refractivity contribution is 9.10. The summed E-state index contributed by atoms with van der Waals surface area (Å²) >= 11 is 3.48. The second kappa shape index (κ2) is 3.47. The van der Waals surface area contributed by atoms with E-state index in [1.165, 1.54) is 0 Å². The predicted octanol–water partition coefficient (Wildman–Crippen LogP) is 3.40. The van der Waals surface area contributed by atoms with Crippen LogP contribution in [0, 0.1) is 5.92 Å². The summed E-state index contributed by atoms with van der Waals surface area (Å²) in [5.41, 5.74) is 7.41. The number of nitrogens with two attached hydrogens (primary N) is 1. The third-order valence-corrected chi connectivity index (χ3v) is 4.23. The smallest absolute Gasteiger partial charge is 0.126 e. The van der Waals surface area contributed by atoms with E-state index >= 15 is 0 Å². The fourth-order valence-electron chi connectivity index (χ4n) is 3.15. The molecule has 0 unspecified atom stereocenters. The van der Waals surface area contributed by atoms with Gasteiger partial charge in [0.05, 0.1) is 0 Å². The van der Waals surface area contributed by atoms with Crippen LogP contribution < -0.4 is 10.5 Å². The number of fused-ring (bicyclic) bond motifs is 1. The van der Waals surface area contributed by atoms with Gasteiger partial charge in [-0.15, -0.1) is 0 Å². The quantitative estimate of drug-likeness (QED) is 0.791. The molecule has 1 aliphatic heterocycles. The molecular weight excluding hydrogens is 266 g/mol. The SMILES string of the molecule is CC1CC2(C1)C[C@@H](N)c1ccc(Br)cc1O2. The molecule has 1 heterocycles. The zero-order chi connectivity index (χ0) is 11.3. The molecule has 1 aromatic rings. The molecule has 0 radical (unpaired) electrons. The number of halogens is 1. The standard InChI is InChI=1S/C13H16BrNO/c1-8-5-13(6-8)7-11(15)10-3-2-9(14)4-12(10)16-13/h2-4,8,11H,5-7,15H2,1H3/t8?,11-,13?/m1/s1. The summed E-state index contributed by atoms with van der Waals surface area (Å²) in [6.07, 6.45) is 3.26. The van der Waals surface area contributed by atoms with Gasteiger partial charge in [-0.05, 0) is 30.9 Å². The Hall–Kier alpha value is -0.540. The molecule has 3 heteroatoms. The lowest BCUT2D eigenvalue weighted by Crippen LogP contribution is -2.52. The van der Waals surface area contributed by atoms with Crippen molar-refractivity contribution in [3.8, 4) is 5.75 Å². The van der Waals surface area contributed by atoms with Gasteiger partial charge in [0.2, 0.25) is 0 Å². The number of ether oxygens (including phenoxy) is 1. The molecule has 86 valence electrons. The van der Waals surface area contributed by atoms with E-state index in [-0.39, 0.29) is 11.6 Å². The summed E-state index contributed by atoms with van der Waals surface area (Å²) in [7, 11) is 0. The molecule has 0 saturated heterocycles. The summed E-state index contributed by atoms with van der Waals surface area (Å²) < 4.78 is 7.23. The summed E-state index contributed by atoms with van der Waals surface area (Å²) in [5, 5.41) is 0. The number of hydrogen-bond acceptors (Lipinski definition) is 2. The topological polar surface area (TPSA) is 35.2 Å². The van der Waals surface area contributed by atoms with Crippen molar-refractivity contribution in [1.29, 1.82) is 0 Å². The van der Waals surface area contributed by atoms with Crippen LogP contribution in [0.2, 0.25) is 0 Å². The first-order chi connectivity index (χ1) is 7.58. The Kier molecular flexibility index (Phi) is 2.30. The van der Waals surface area contributed by atoms with Crippen LogP contribution in [-0.4, -0.2) is 5.60 Å². The van der Waals surface area contributed by atoms with Crippen LogP contribution in [0.4, 0.5) is 0 Å². The first-order valence-corrected chi connectivity index (χ1v) is 6.61. The van der Waals surface area contributed by atoms with Crippen LogP contribution in [0.3, 0.4) is 0 Å². The molecule has 3 rings (SSSR count). The Labute approximate surface area is 104 Å². The van der Waals surface area contributed by atoms with E-state index in [1.807, 2.05) is 12.1 Å². The number of rotatable bonds is 0. The lowest BCUT2D eigenvalue weighted by Gasteiger charge is -2.50. The minimum atomic E-state index is 0.0344. The van der Waals surface area contributed by atoms with E-state index < -0.39 is 0 Å². The molecule has 1 saturated carbocycles. The van der Waals surface area contributed by atoms with Crippen molar-refractivity contribution in [3.63, 3.8) is 0 Å². The van der Waals surface area contributed by atoms with E-state index in [4.69, 9.17) is 10.5 Å². The molecule has 2 N–H and O–H groups in total. The average molecular weight is 282 g/mol. The largest absolute Gasteiger partial charge is 0.487 e. The van der Waals surface area contributed by atoms with Crippen LogP contribution >= 0.6 is 15.9 Å². The molecule has 0 amide bonds. The highest BCUT2D eigenvalue weighted by Gasteiger charge is 2.48. The van der Waals surface area contributed by atoms with Gasteiger partial charge in [-0.2, -0.15) is 0 Å². The van der Waals surface area contributed by atoms with E-state index in [2.05, 4.69) is 28.9 Å². The van der Waals surface area contributed by atoms with Crippen molar-refractivity contribution >= 4 is 15.9 Å². The third-order valence-electron chi connectivity index (χ3n) is 3.73. The van der Waals surface area contributed by atoms with Gasteiger partial charge in [-0.3, -0.25) is 0 Å². The van der Waals surface area contributed by atoms with Crippen molar-refractivity contribution in [3.05, 3.63) is 28.2 Å². The van der Waals surface area contributed by atoms with Gasteiger partial charge in [0.25, 0.3) is 0 Å². The summed E-state index contributed by atoms with van der Waals surface area (Å²) in [4.78, 5) is 0. The molecule has 0 aromatic heterocycles. The van der Waals surface area contributed by atoms with Crippen LogP contribution in [0.15, 0.2) is 22.7 Å². The van der Waals surface area contributed by atoms with E-state index in [0.717, 1.165) is 41.0 Å². The molecule has 1 fully saturated rings. The molecule has 2 nitrogen and oxygen atoms in total. The molecule has 1 atom stereocenters. The Bertz CT molecular complexity index is 426. The van der Waals surface area contributed by atoms with Gasteiger partial charge in [0.1, 0.15) is 11.4 Å². The maximum Gasteiger partial charge on any atom is 0.126 e. The normalized spacial score (nSPS) is 36.4. The highest BCUT2D eigenvalue weighted by Crippen LogP contribution is 2.50. The lowest BCUT2D eigenvalue weighted by molar-refractivity contribution is -0.0657. The summed E-state index contributed by atoms with van der Waals surface area (Å²) in [5.74, 6) is 1.75. The van der Waals surface area contributed by atoms with E-state index in [9.17, 15) is 0 Å². The van der Waals surface area contributed by atoms with Crippen molar-refractivity contribution in [1.82, 2.24) is 0 Å². The Balaban J connectivity index is 1.95. The van der Waals surface area contributed by atoms with Crippen molar-refractivity contribution in [2.24, 2.45) is 11.7 Å². The maximum atomic E-state index is 6.23. The molecule has 1 aliphatic carbocycles. The van der Waals surface area contributed by atoms with Gasteiger partial charge >= 0.3 is 0 Å². The fourth-order valence-corrected chi connectivity index (χ4v) is 3.49. The van der Waals surface area contributed by atoms with Crippen LogP contribution in [0.5, 0.6) is 5.75 Å². The summed E-state index contributed by atoms with van der Waals surface area (Å²) in [6, 6.07) is 6.27. The van der Waals surface area contributed by atoms with Gasteiger partial charge in [0, 0.05) is 22.5 Å². The zero-order valence-corrected chi connectivity index (χ0v) is 11.0. The van der Waals surface area contributed by atoms with Crippen LogP contribution in [0.25, 0.3) is 0 Å². The summed E-state index contributed by atoms with van der Waals surface area (Å²) in [6.45, 7) is 2.27. The van der Waals surface area contributed by atoms with Crippen LogP contribution in [0.1, 0.15) is 37.8 Å². The fraction of sp³-hybridized carbons (Fsp3) is 0.538. The van der Waals surface area contributed by atoms with E-state index in [1.54, 1.807) is 0 Å². The predicted molar refractivity (Wildman–Crippen MR) is 67.4 cm³/mol.